The van der Waals surface area contributed by atoms with Gasteiger partial charge in [-0.15, -0.1) is 0 Å². The number of nitrogens with zero attached hydrogens (tertiary/aromatic N) is 2. The van der Waals surface area contributed by atoms with Crippen LogP contribution in [0.5, 0.6) is 0 Å². The molecule has 1 aliphatic carbocycles. The molecule has 2 rings (SSSR count). The van der Waals surface area contributed by atoms with E-state index in [1.165, 1.54) is 7.05 Å². The van der Waals surface area contributed by atoms with Gasteiger partial charge in [0.2, 0.25) is 0 Å². The normalized spacial score (nSPS) is 17.1. The molecule has 0 atom stereocenters. The van der Waals surface area contributed by atoms with E-state index in [-0.39, 0.29) is 11.7 Å². The van der Waals surface area contributed by atoms with E-state index in [2.05, 4.69) is 10.4 Å². The second kappa shape index (κ2) is 4.62. The van der Waals surface area contributed by atoms with Crippen molar-refractivity contribution in [3.63, 3.8) is 0 Å². The SMILES string of the molecule is Cn1nc(C(=O)NC2CCCC2)cc1C(F)(F)F. The number of carbonyl (C=O) groups is 1. The molecule has 0 aromatic carbocycles. The standard InChI is InChI=1S/C11H14F3N3O/c1-17-9(11(12,13)14)6-8(16-17)10(18)15-7-4-2-3-5-7/h6-7H,2-5H2,1H3,(H,15,18). The lowest BCUT2D eigenvalue weighted by atomic mass is 10.2. The number of hydrogen-bond donors (Lipinski definition) is 1. The van der Waals surface area contributed by atoms with Crippen LogP contribution in [-0.4, -0.2) is 21.7 Å². The van der Waals surface area contributed by atoms with E-state index < -0.39 is 17.8 Å². The van der Waals surface area contributed by atoms with Gasteiger partial charge in [-0.25, -0.2) is 0 Å². The van der Waals surface area contributed by atoms with Gasteiger partial charge in [0.25, 0.3) is 5.91 Å². The molecule has 18 heavy (non-hydrogen) atoms. The molecule has 4 nitrogen and oxygen atoms in total. The average molecular weight is 261 g/mol. The minimum atomic E-state index is -4.49. The first-order valence-corrected chi connectivity index (χ1v) is 5.80. The van der Waals surface area contributed by atoms with Gasteiger partial charge in [0.05, 0.1) is 0 Å². The average Bonchev–Trinajstić information content (AvgIpc) is 2.85. The summed E-state index contributed by atoms with van der Waals surface area (Å²) in [5.74, 6) is -0.534. The predicted octanol–water partition coefficient (Wildman–Crippen LogP) is 2.11. The van der Waals surface area contributed by atoms with Gasteiger partial charge in [-0.3, -0.25) is 9.48 Å². The van der Waals surface area contributed by atoms with E-state index in [1.54, 1.807) is 0 Å². The second-order valence-corrected chi connectivity index (χ2v) is 4.49. The number of aryl methyl sites for hydroxylation is 1. The molecular formula is C11H14F3N3O. The molecule has 1 aromatic rings. The van der Waals surface area contributed by atoms with Gasteiger partial charge < -0.3 is 5.32 Å². The van der Waals surface area contributed by atoms with Crippen molar-refractivity contribution in [3.8, 4) is 0 Å². The van der Waals surface area contributed by atoms with Crippen molar-refractivity contribution in [3.05, 3.63) is 17.5 Å². The van der Waals surface area contributed by atoms with Crippen molar-refractivity contribution < 1.29 is 18.0 Å². The highest BCUT2D eigenvalue weighted by molar-refractivity contribution is 5.92. The third-order valence-electron chi connectivity index (χ3n) is 3.09. The Bertz CT molecular complexity index is 447. The third-order valence-corrected chi connectivity index (χ3v) is 3.09. The van der Waals surface area contributed by atoms with Crippen molar-refractivity contribution in [2.75, 3.05) is 0 Å². The summed E-state index contributed by atoms with van der Waals surface area (Å²) < 4.78 is 38.3. The molecule has 0 spiro atoms. The van der Waals surface area contributed by atoms with Gasteiger partial charge in [-0.05, 0) is 12.8 Å². The Labute approximate surface area is 102 Å². The molecule has 1 aromatic heterocycles. The Kier molecular flexibility index (Phi) is 3.32. The molecule has 100 valence electrons. The van der Waals surface area contributed by atoms with Gasteiger partial charge in [0, 0.05) is 19.2 Å². The molecule has 1 fully saturated rings. The maximum Gasteiger partial charge on any atom is 0.433 e. The van der Waals surface area contributed by atoms with Crippen LogP contribution in [0.15, 0.2) is 6.07 Å². The van der Waals surface area contributed by atoms with Crippen LogP contribution in [0.1, 0.15) is 41.9 Å². The van der Waals surface area contributed by atoms with Crippen molar-refractivity contribution >= 4 is 5.91 Å². The third kappa shape index (κ3) is 2.65. The van der Waals surface area contributed by atoms with Crippen molar-refractivity contribution in [2.24, 2.45) is 7.05 Å². The quantitative estimate of drug-likeness (QED) is 0.886. The maximum absolute atomic E-state index is 12.5. The highest BCUT2D eigenvalue weighted by atomic mass is 19.4. The van der Waals surface area contributed by atoms with Crippen LogP contribution in [0.3, 0.4) is 0 Å². The number of carbonyl (C=O) groups excluding carboxylic acids is 1. The molecule has 0 unspecified atom stereocenters. The van der Waals surface area contributed by atoms with Crippen molar-refractivity contribution in [1.82, 2.24) is 15.1 Å². The maximum atomic E-state index is 12.5. The summed E-state index contributed by atoms with van der Waals surface area (Å²) in [5.41, 5.74) is -1.10. The summed E-state index contributed by atoms with van der Waals surface area (Å²) in [6, 6.07) is 0.846. The Morgan fingerprint density at radius 2 is 2.06 bits per heavy atom. The van der Waals surface area contributed by atoms with E-state index in [0.717, 1.165) is 31.7 Å². The lowest BCUT2D eigenvalue weighted by Crippen LogP contribution is -2.32. The second-order valence-electron chi connectivity index (χ2n) is 4.49. The zero-order chi connectivity index (χ0) is 13.3. The van der Waals surface area contributed by atoms with Crippen LogP contribution in [0, 0.1) is 0 Å². The van der Waals surface area contributed by atoms with E-state index in [0.29, 0.717) is 4.68 Å². The Balaban J connectivity index is 2.11. The fourth-order valence-electron chi connectivity index (χ4n) is 2.17. The first kappa shape index (κ1) is 12.9. The summed E-state index contributed by atoms with van der Waals surface area (Å²) in [6.07, 6.45) is -0.648. The molecule has 1 aliphatic rings. The van der Waals surface area contributed by atoms with Gasteiger partial charge in [0.15, 0.2) is 5.69 Å². The minimum Gasteiger partial charge on any atom is -0.348 e. The number of amides is 1. The van der Waals surface area contributed by atoms with Crippen molar-refractivity contribution in [2.45, 2.75) is 37.9 Å². The van der Waals surface area contributed by atoms with E-state index in [9.17, 15) is 18.0 Å². The summed E-state index contributed by atoms with van der Waals surface area (Å²) in [7, 11) is 1.18. The van der Waals surface area contributed by atoms with Crippen LogP contribution in [0.2, 0.25) is 0 Å². The van der Waals surface area contributed by atoms with E-state index >= 15 is 0 Å². The number of halogens is 3. The number of nitrogens with one attached hydrogen (secondary N) is 1. The molecule has 0 bridgehead atoms. The fraction of sp³-hybridized carbons (Fsp3) is 0.636. The summed E-state index contributed by atoms with van der Waals surface area (Å²) in [6.45, 7) is 0. The van der Waals surface area contributed by atoms with Crippen molar-refractivity contribution in [1.29, 1.82) is 0 Å². The van der Waals surface area contributed by atoms with Crippen LogP contribution in [0.4, 0.5) is 13.2 Å². The molecule has 0 saturated heterocycles. The first-order valence-electron chi connectivity index (χ1n) is 5.80. The highest BCUT2D eigenvalue weighted by Gasteiger charge is 2.35. The number of aromatic nitrogens is 2. The van der Waals surface area contributed by atoms with Gasteiger partial charge in [-0.2, -0.15) is 18.3 Å². The summed E-state index contributed by atoms with van der Waals surface area (Å²) in [4.78, 5) is 11.7. The van der Waals surface area contributed by atoms with Gasteiger partial charge >= 0.3 is 6.18 Å². The largest absolute Gasteiger partial charge is 0.433 e. The number of rotatable bonds is 2. The zero-order valence-corrected chi connectivity index (χ0v) is 9.92. The molecule has 1 saturated carbocycles. The molecule has 1 heterocycles. The van der Waals surface area contributed by atoms with Crippen LogP contribution in [-0.2, 0) is 13.2 Å². The summed E-state index contributed by atoms with van der Waals surface area (Å²) in [5, 5.41) is 6.31. The monoisotopic (exact) mass is 261 g/mol. The molecule has 0 radical (unpaired) electrons. The molecule has 0 aliphatic heterocycles. The molecule has 1 N–H and O–H groups in total. The fourth-order valence-corrected chi connectivity index (χ4v) is 2.17. The number of alkyl halides is 3. The molecule has 7 heteroatoms. The molecular weight excluding hydrogens is 247 g/mol. The topological polar surface area (TPSA) is 46.9 Å². The van der Waals surface area contributed by atoms with Crippen LogP contribution >= 0.6 is 0 Å². The van der Waals surface area contributed by atoms with E-state index in [1.807, 2.05) is 0 Å². The number of hydrogen-bond acceptors (Lipinski definition) is 2. The lowest BCUT2D eigenvalue weighted by molar-refractivity contribution is -0.143. The predicted molar refractivity (Wildman–Crippen MR) is 57.9 cm³/mol. The van der Waals surface area contributed by atoms with Gasteiger partial charge in [0.1, 0.15) is 5.69 Å². The van der Waals surface area contributed by atoms with Gasteiger partial charge in [-0.1, -0.05) is 12.8 Å². The highest BCUT2D eigenvalue weighted by Crippen LogP contribution is 2.29. The minimum absolute atomic E-state index is 0.0637. The summed E-state index contributed by atoms with van der Waals surface area (Å²) >= 11 is 0. The van der Waals surface area contributed by atoms with Crippen LogP contribution < -0.4 is 5.32 Å². The van der Waals surface area contributed by atoms with Crippen LogP contribution in [0.25, 0.3) is 0 Å². The Morgan fingerprint density at radius 3 is 2.56 bits per heavy atom. The Morgan fingerprint density at radius 1 is 1.44 bits per heavy atom. The Hall–Kier alpha value is -1.53. The molecule has 1 amide bonds. The lowest BCUT2D eigenvalue weighted by Gasteiger charge is -2.09. The van der Waals surface area contributed by atoms with E-state index in [4.69, 9.17) is 0 Å². The smallest absolute Gasteiger partial charge is 0.348 e. The zero-order valence-electron chi connectivity index (χ0n) is 9.92. The first-order chi connectivity index (χ1) is 8.38.